The maximum atomic E-state index is 13.1. The van der Waals surface area contributed by atoms with Gasteiger partial charge in [0, 0.05) is 11.6 Å². The molecular weight excluding hydrogens is 372 g/mol. The summed E-state index contributed by atoms with van der Waals surface area (Å²) in [6.07, 6.45) is -0.317. The number of methoxy groups -OCH3 is 2. The van der Waals surface area contributed by atoms with Gasteiger partial charge in [0.05, 0.1) is 37.6 Å². The van der Waals surface area contributed by atoms with Crippen LogP contribution in [-0.4, -0.2) is 32.3 Å². The molecule has 0 saturated heterocycles. The number of nitrogens with one attached hydrogen (secondary N) is 2. The Morgan fingerprint density at radius 3 is 2.38 bits per heavy atom. The van der Waals surface area contributed by atoms with Crippen molar-refractivity contribution in [2.75, 3.05) is 14.2 Å². The number of rotatable bonds is 6. The number of amides is 2. The average Bonchev–Trinajstić information content (AvgIpc) is 2.72. The molecule has 1 unspecified atom stereocenters. The molecule has 1 aliphatic rings. The predicted molar refractivity (Wildman–Crippen MR) is 109 cm³/mol. The molecule has 7 heteroatoms. The number of esters is 1. The van der Waals surface area contributed by atoms with Crippen LogP contribution in [-0.2, 0) is 9.53 Å². The second kappa shape index (κ2) is 8.68. The highest BCUT2D eigenvalue weighted by molar-refractivity contribution is 6.04. The Kier molecular flexibility index (Phi) is 6.07. The Hall–Kier alpha value is -3.48. The number of carbonyl (C=O) groups excluding carboxylic acids is 2. The standard InChI is InChI=1S/C22H24N2O5/c1-13(2)29-21(25)18-19(14-8-6-5-7-9-14)23-22(26)24-20(18)16-11-10-15(27-3)12-17(16)28-4/h5-13,20H,1-4H3,(H2,23,24,26). The quantitative estimate of drug-likeness (QED) is 0.731. The van der Waals surface area contributed by atoms with Gasteiger partial charge in [-0.15, -0.1) is 0 Å². The van der Waals surface area contributed by atoms with Crippen molar-refractivity contribution in [3.63, 3.8) is 0 Å². The molecule has 0 spiro atoms. The van der Waals surface area contributed by atoms with E-state index in [2.05, 4.69) is 10.6 Å². The van der Waals surface area contributed by atoms with Crippen molar-refractivity contribution in [3.8, 4) is 11.5 Å². The first-order valence-electron chi connectivity index (χ1n) is 9.24. The molecule has 0 aromatic heterocycles. The third-order valence-electron chi connectivity index (χ3n) is 4.45. The van der Waals surface area contributed by atoms with Crippen LogP contribution in [0.15, 0.2) is 54.1 Å². The van der Waals surface area contributed by atoms with Crippen molar-refractivity contribution in [2.24, 2.45) is 0 Å². The minimum atomic E-state index is -0.758. The lowest BCUT2D eigenvalue weighted by Crippen LogP contribution is -2.45. The lowest BCUT2D eigenvalue weighted by atomic mass is 9.92. The van der Waals surface area contributed by atoms with Crippen LogP contribution >= 0.6 is 0 Å². The van der Waals surface area contributed by atoms with E-state index in [1.807, 2.05) is 30.3 Å². The monoisotopic (exact) mass is 396 g/mol. The summed E-state index contributed by atoms with van der Waals surface area (Å²) >= 11 is 0. The third kappa shape index (κ3) is 4.34. The Bertz CT molecular complexity index is 937. The highest BCUT2D eigenvalue weighted by atomic mass is 16.5. The van der Waals surface area contributed by atoms with Gasteiger partial charge < -0.3 is 24.8 Å². The fourth-order valence-corrected chi connectivity index (χ4v) is 3.18. The first-order valence-corrected chi connectivity index (χ1v) is 9.24. The summed E-state index contributed by atoms with van der Waals surface area (Å²) in [5, 5.41) is 5.58. The molecule has 0 aliphatic carbocycles. The summed E-state index contributed by atoms with van der Waals surface area (Å²) in [4.78, 5) is 25.5. The molecule has 3 rings (SSSR count). The van der Waals surface area contributed by atoms with E-state index in [1.165, 1.54) is 7.11 Å². The average molecular weight is 396 g/mol. The Balaban J connectivity index is 2.21. The van der Waals surface area contributed by atoms with E-state index in [9.17, 15) is 9.59 Å². The topological polar surface area (TPSA) is 85.9 Å². The molecule has 2 N–H and O–H groups in total. The number of benzene rings is 2. The van der Waals surface area contributed by atoms with Gasteiger partial charge in [0.1, 0.15) is 11.5 Å². The molecule has 0 radical (unpaired) electrons. The summed E-state index contributed by atoms with van der Waals surface area (Å²) in [5.74, 6) is 0.567. The summed E-state index contributed by atoms with van der Waals surface area (Å²) in [6.45, 7) is 3.55. The molecule has 0 saturated carbocycles. The number of hydrogen-bond donors (Lipinski definition) is 2. The number of ether oxygens (including phenoxy) is 3. The maximum absolute atomic E-state index is 13.1. The van der Waals surface area contributed by atoms with Gasteiger partial charge >= 0.3 is 12.0 Å². The zero-order chi connectivity index (χ0) is 21.0. The lowest BCUT2D eigenvalue weighted by molar-refractivity contribution is -0.143. The van der Waals surface area contributed by atoms with Crippen LogP contribution in [0.1, 0.15) is 31.0 Å². The van der Waals surface area contributed by atoms with Crippen molar-refractivity contribution in [1.29, 1.82) is 0 Å². The van der Waals surface area contributed by atoms with Gasteiger partial charge in [-0.25, -0.2) is 9.59 Å². The molecule has 0 bridgehead atoms. The van der Waals surface area contributed by atoms with Crippen LogP contribution in [0, 0.1) is 0 Å². The molecule has 2 aromatic rings. The van der Waals surface area contributed by atoms with Crippen LogP contribution in [0.3, 0.4) is 0 Å². The third-order valence-corrected chi connectivity index (χ3v) is 4.45. The predicted octanol–water partition coefficient (Wildman–Crippen LogP) is 3.42. The molecule has 1 heterocycles. The van der Waals surface area contributed by atoms with Gasteiger partial charge in [-0.05, 0) is 31.5 Å². The zero-order valence-electron chi connectivity index (χ0n) is 16.8. The zero-order valence-corrected chi connectivity index (χ0v) is 16.8. The second-order valence-electron chi connectivity index (χ2n) is 6.75. The Labute approximate surface area is 169 Å². The molecule has 1 atom stereocenters. The molecular formula is C22H24N2O5. The van der Waals surface area contributed by atoms with Gasteiger partial charge in [-0.1, -0.05) is 30.3 Å². The highest BCUT2D eigenvalue weighted by Gasteiger charge is 2.36. The molecule has 152 valence electrons. The van der Waals surface area contributed by atoms with Crippen LogP contribution in [0.25, 0.3) is 5.70 Å². The minimum Gasteiger partial charge on any atom is -0.497 e. The van der Waals surface area contributed by atoms with Gasteiger partial charge in [-0.2, -0.15) is 0 Å². The van der Waals surface area contributed by atoms with E-state index >= 15 is 0 Å². The van der Waals surface area contributed by atoms with Crippen LogP contribution in [0.5, 0.6) is 11.5 Å². The SMILES string of the molecule is COc1ccc(C2NC(=O)NC(c3ccccc3)=C2C(=O)OC(C)C)c(OC)c1. The van der Waals surface area contributed by atoms with E-state index in [4.69, 9.17) is 14.2 Å². The lowest BCUT2D eigenvalue weighted by Gasteiger charge is -2.30. The number of hydrogen-bond acceptors (Lipinski definition) is 5. The smallest absolute Gasteiger partial charge is 0.338 e. The Morgan fingerprint density at radius 2 is 1.76 bits per heavy atom. The normalized spacial score (nSPS) is 16.2. The van der Waals surface area contributed by atoms with Gasteiger partial charge in [0.25, 0.3) is 0 Å². The molecule has 0 fully saturated rings. The molecule has 2 aromatic carbocycles. The first kappa shape index (κ1) is 20.3. The molecule has 29 heavy (non-hydrogen) atoms. The van der Waals surface area contributed by atoms with Gasteiger partial charge in [-0.3, -0.25) is 0 Å². The summed E-state index contributed by atoms with van der Waals surface area (Å²) in [7, 11) is 3.08. The van der Waals surface area contributed by atoms with E-state index in [1.54, 1.807) is 39.2 Å². The fraction of sp³-hybridized carbons (Fsp3) is 0.273. The van der Waals surface area contributed by atoms with Crippen LogP contribution < -0.4 is 20.1 Å². The highest BCUT2D eigenvalue weighted by Crippen LogP contribution is 2.37. The van der Waals surface area contributed by atoms with E-state index in [0.29, 0.717) is 33.9 Å². The van der Waals surface area contributed by atoms with Crippen molar-refractivity contribution in [2.45, 2.75) is 26.0 Å². The van der Waals surface area contributed by atoms with E-state index in [-0.39, 0.29) is 6.10 Å². The van der Waals surface area contributed by atoms with Crippen molar-refractivity contribution in [1.82, 2.24) is 10.6 Å². The molecule has 2 amide bonds. The number of carbonyl (C=O) groups is 2. The molecule has 7 nitrogen and oxygen atoms in total. The van der Waals surface area contributed by atoms with Crippen molar-refractivity contribution in [3.05, 3.63) is 65.2 Å². The fourth-order valence-electron chi connectivity index (χ4n) is 3.18. The van der Waals surface area contributed by atoms with Crippen LogP contribution in [0.2, 0.25) is 0 Å². The summed E-state index contributed by atoms with van der Waals surface area (Å²) in [6, 6.07) is 13.2. The van der Waals surface area contributed by atoms with Gasteiger partial charge in [0.15, 0.2) is 0 Å². The first-order chi connectivity index (χ1) is 13.9. The number of urea groups is 1. The van der Waals surface area contributed by atoms with E-state index in [0.717, 1.165) is 0 Å². The Morgan fingerprint density at radius 1 is 1.03 bits per heavy atom. The van der Waals surface area contributed by atoms with Crippen LogP contribution in [0.4, 0.5) is 4.79 Å². The maximum Gasteiger partial charge on any atom is 0.338 e. The second-order valence-corrected chi connectivity index (χ2v) is 6.75. The van der Waals surface area contributed by atoms with Crippen molar-refractivity contribution < 1.29 is 23.8 Å². The van der Waals surface area contributed by atoms with E-state index < -0.39 is 18.0 Å². The van der Waals surface area contributed by atoms with Gasteiger partial charge in [0.2, 0.25) is 0 Å². The van der Waals surface area contributed by atoms with Crippen molar-refractivity contribution >= 4 is 17.7 Å². The largest absolute Gasteiger partial charge is 0.497 e. The minimum absolute atomic E-state index is 0.299. The summed E-state index contributed by atoms with van der Waals surface area (Å²) in [5.41, 5.74) is 2.03. The summed E-state index contributed by atoms with van der Waals surface area (Å²) < 4.78 is 16.2. The molecule has 1 aliphatic heterocycles.